The normalized spacial score (nSPS) is 12.4. The fourth-order valence-electron chi connectivity index (χ4n) is 24.8. The van der Waals surface area contributed by atoms with E-state index in [4.69, 9.17) is 0 Å². The van der Waals surface area contributed by atoms with E-state index >= 15 is 0 Å². The van der Waals surface area contributed by atoms with Crippen LogP contribution in [-0.4, -0.2) is 27.4 Å². The summed E-state index contributed by atoms with van der Waals surface area (Å²) in [5, 5.41) is 20.5. The van der Waals surface area contributed by atoms with Gasteiger partial charge in [-0.1, -0.05) is 354 Å². The van der Waals surface area contributed by atoms with E-state index in [1.807, 2.05) is 22.7 Å². The van der Waals surface area contributed by atoms with E-state index in [1.165, 1.54) is 278 Å². The van der Waals surface area contributed by atoms with Gasteiger partial charge in [-0.05, 0) is 254 Å². The Morgan fingerprint density at radius 1 is 0.148 bits per heavy atom. The van der Waals surface area contributed by atoms with E-state index in [1.54, 1.807) is 0 Å². The Bertz CT molecular complexity index is 10900. The van der Waals surface area contributed by atoms with Gasteiger partial charge in [0.15, 0.2) is 0 Å². The molecule has 149 heavy (non-hydrogen) atoms. The second kappa shape index (κ2) is 34.2. The first-order chi connectivity index (χ1) is 73.7. The molecule has 8 heterocycles. The standard InChI is InChI=1S/2C48H30N2S.C45H32N2/c1-2-12-31(13-3-1)35-14-4-8-18-42(35)50-44-20-10-6-16-37(44)41-29-33(23-27-46(41)50)32-22-26-45-40(28-32)36-15-5-9-19-43(36)49(45)34-24-25-39-38-17-7-11-21-47(38)51-48(39)30-34;1-2-10-31(11-3-1)32-18-22-35(23-19-32)49-43-15-7-4-12-37(43)41-28-33(20-26-45(41)49)34-21-27-46-42(29-34)38-13-5-8-16-44(38)50(46)36-24-25-40-39-14-6-9-17-47(39)51-48(40)30-36;1-45(2)38-19-9-6-15-32(38)35-18-12-22-43(44(35)45)47-40-21-11-8-17-34(40)37-28-30(24-26-42(37)47)29-23-25-41-36(27-29)33-16-7-10-20-39(33)46(41)31-13-4-3-5-14-31/h2*1-30H;3-28H,1-2H3. The first-order valence-corrected chi connectivity index (χ1v) is 52.9. The molecule has 0 unspecified atom stereocenters. The Morgan fingerprint density at radius 3 is 0.819 bits per heavy atom. The number of para-hydroxylation sites is 8. The van der Waals surface area contributed by atoms with Gasteiger partial charge in [-0.15, -0.1) is 22.7 Å². The Labute approximate surface area is 867 Å². The van der Waals surface area contributed by atoms with Gasteiger partial charge in [-0.25, -0.2) is 0 Å². The van der Waals surface area contributed by atoms with Crippen molar-refractivity contribution in [2.75, 3.05) is 0 Å². The van der Waals surface area contributed by atoms with Crippen LogP contribution in [0, 0.1) is 0 Å². The monoisotopic (exact) mass is 1930 g/mol. The highest BCUT2D eigenvalue weighted by Gasteiger charge is 2.39. The molecule has 31 aromatic rings. The van der Waals surface area contributed by atoms with Crippen LogP contribution in [0.5, 0.6) is 0 Å². The number of thiophene rings is 2. The smallest absolute Gasteiger partial charge is 0.0541 e. The Morgan fingerprint density at radius 2 is 0.409 bits per heavy atom. The van der Waals surface area contributed by atoms with Gasteiger partial charge in [0, 0.05) is 139 Å². The molecular formula is C141H92N6S2. The lowest BCUT2D eigenvalue weighted by atomic mass is 9.81. The van der Waals surface area contributed by atoms with Gasteiger partial charge >= 0.3 is 0 Å². The number of rotatable bonds is 11. The highest BCUT2D eigenvalue weighted by atomic mass is 32.1. The van der Waals surface area contributed by atoms with Crippen LogP contribution in [0.2, 0.25) is 0 Å². The SMILES string of the molecule is CC1(C)c2ccccc2-c2cccc(-n3c4ccccc4c4cc(-c5ccc6c(c5)c5ccccc5n6-c5ccccc5)ccc43)c21.c1ccc(-c2ccc(-n3c4ccccc4c4cc(-c5ccc6c(c5)c5ccccc5n6-c5ccc6c(c5)sc5ccccc56)ccc43)cc2)cc1.c1ccc(-c2ccccc2-n2c3ccccc3c3cc(-c4ccc5c(c4)c4ccccc4n5-c4ccc5c(c4)sc4ccccc45)ccc32)cc1. The maximum Gasteiger partial charge on any atom is 0.0541 e. The van der Waals surface area contributed by atoms with Crippen molar-refractivity contribution in [3.63, 3.8) is 0 Å². The summed E-state index contributed by atoms with van der Waals surface area (Å²) in [6, 6.07) is 191. The molecule has 0 saturated carbocycles. The molecule has 0 atom stereocenters. The van der Waals surface area contributed by atoms with E-state index in [9.17, 15) is 0 Å². The summed E-state index contributed by atoms with van der Waals surface area (Å²) in [7, 11) is 0. The van der Waals surface area contributed by atoms with E-state index in [0.29, 0.717) is 0 Å². The molecule has 0 amide bonds. The minimum Gasteiger partial charge on any atom is -0.309 e. The lowest BCUT2D eigenvalue weighted by Gasteiger charge is -2.25. The lowest BCUT2D eigenvalue weighted by Crippen LogP contribution is -2.17. The quantitative estimate of drug-likeness (QED) is 0.124. The topological polar surface area (TPSA) is 29.6 Å². The lowest BCUT2D eigenvalue weighted by molar-refractivity contribution is 0.656. The summed E-state index contributed by atoms with van der Waals surface area (Å²) < 4.78 is 19.9. The Hall–Kier alpha value is -18.7. The number of benzene rings is 23. The average molecular weight is 1930 g/mol. The van der Waals surface area contributed by atoms with Crippen molar-refractivity contribution in [2.45, 2.75) is 19.3 Å². The van der Waals surface area contributed by atoms with Crippen LogP contribution in [0.25, 0.3) is 272 Å². The van der Waals surface area contributed by atoms with E-state index in [2.05, 4.69) is 563 Å². The van der Waals surface area contributed by atoms with E-state index in [-0.39, 0.29) is 5.41 Å². The molecule has 1 aliphatic rings. The molecule has 8 aromatic heterocycles. The summed E-state index contributed by atoms with van der Waals surface area (Å²) >= 11 is 3.74. The van der Waals surface area contributed by atoms with Crippen molar-refractivity contribution >= 4 is 194 Å². The van der Waals surface area contributed by atoms with Gasteiger partial charge in [0.2, 0.25) is 0 Å². The van der Waals surface area contributed by atoms with Crippen LogP contribution in [-0.2, 0) is 5.41 Å². The van der Waals surface area contributed by atoms with Crippen molar-refractivity contribution < 1.29 is 0 Å². The highest BCUT2D eigenvalue weighted by molar-refractivity contribution is 7.26. The molecule has 6 nitrogen and oxygen atoms in total. The van der Waals surface area contributed by atoms with Gasteiger partial charge < -0.3 is 27.4 Å². The minimum atomic E-state index is -0.103. The predicted molar refractivity (Wildman–Crippen MR) is 636 cm³/mol. The second-order valence-electron chi connectivity index (χ2n) is 40.1. The fraction of sp³-hybridized carbons (Fsp3) is 0.0213. The highest BCUT2D eigenvalue weighted by Crippen LogP contribution is 2.54. The number of nitrogens with zero attached hydrogens (tertiary/aromatic N) is 6. The van der Waals surface area contributed by atoms with Gasteiger partial charge in [-0.2, -0.15) is 0 Å². The van der Waals surface area contributed by atoms with Crippen molar-refractivity contribution in [2.24, 2.45) is 0 Å². The molecule has 0 saturated heterocycles. The maximum atomic E-state index is 2.50. The molecule has 32 rings (SSSR count). The molecule has 0 spiro atoms. The minimum absolute atomic E-state index is 0.103. The molecule has 698 valence electrons. The largest absolute Gasteiger partial charge is 0.309 e. The van der Waals surface area contributed by atoms with Crippen molar-refractivity contribution in [3.05, 3.63) is 533 Å². The first-order valence-electron chi connectivity index (χ1n) is 51.3. The first kappa shape index (κ1) is 85.8. The number of aromatic nitrogens is 6. The zero-order chi connectivity index (χ0) is 98.2. The van der Waals surface area contributed by atoms with Gasteiger partial charge in [0.05, 0.1) is 77.6 Å². The molecule has 0 aliphatic heterocycles. The summed E-state index contributed by atoms with van der Waals surface area (Å²) in [4.78, 5) is 0. The summed E-state index contributed by atoms with van der Waals surface area (Å²) in [5.74, 6) is 0. The van der Waals surface area contributed by atoms with Crippen molar-refractivity contribution in [1.82, 2.24) is 27.4 Å². The maximum absolute atomic E-state index is 2.50. The number of hydrogen-bond donors (Lipinski definition) is 0. The zero-order valence-electron chi connectivity index (χ0n) is 81.7. The van der Waals surface area contributed by atoms with Gasteiger partial charge in [0.25, 0.3) is 0 Å². The summed E-state index contributed by atoms with van der Waals surface area (Å²) in [6.07, 6.45) is 0. The molecule has 8 heteroatoms. The Balaban J connectivity index is 0.000000103. The van der Waals surface area contributed by atoms with Crippen LogP contribution in [0.4, 0.5) is 0 Å². The third-order valence-corrected chi connectivity index (χ3v) is 33.8. The number of hydrogen-bond acceptors (Lipinski definition) is 2. The molecule has 0 bridgehead atoms. The van der Waals surface area contributed by atoms with Crippen LogP contribution in [0.1, 0.15) is 25.0 Å². The molecular weight excluding hydrogens is 1840 g/mol. The average Bonchev–Trinajstić information content (AvgIpc) is 1.54. The molecule has 23 aromatic carbocycles. The third-order valence-electron chi connectivity index (χ3n) is 31.6. The molecule has 0 fully saturated rings. The predicted octanol–water partition coefficient (Wildman–Crippen LogP) is 39.0. The van der Waals surface area contributed by atoms with E-state index < -0.39 is 0 Å². The zero-order valence-corrected chi connectivity index (χ0v) is 83.3. The van der Waals surface area contributed by atoms with Crippen LogP contribution in [0.3, 0.4) is 0 Å². The van der Waals surface area contributed by atoms with Crippen molar-refractivity contribution in [1.29, 1.82) is 0 Å². The second-order valence-corrected chi connectivity index (χ2v) is 42.2. The summed E-state index contributed by atoms with van der Waals surface area (Å²) in [6.45, 7) is 4.75. The Kier molecular flexibility index (Phi) is 19.7. The molecule has 1 aliphatic carbocycles. The fourth-order valence-corrected chi connectivity index (χ4v) is 27.1. The van der Waals surface area contributed by atoms with Crippen LogP contribution in [0.15, 0.2) is 522 Å². The van der Waals surface area contributed by atoms with Gasteiger partial charge in [0.1, 0.15) is 0 Å². The molecule has 0 radical (unpaired) electrons. The van der Waals surface area contributed by atoms with E-state index in [0.717, 1.165) is 5.69 Å². The number of fused-ring (bicyclic) bond motifs is 27. The van der Waals surface area contributed by atoms with Gasteiger partial charge in [-0.3, -0.25) is 0 Å². The molecule has 0 N–H and O–H groups in total. The van der Waals surface area contributed by atoms with Crippen molar-refractivity contribution in [3.8, 4) is 101 Å². The van der Waals surface area contributed by atoms with Crippen LogP contribution < -0.4 is 0 Å². The van der Waals surface area contributed by atoms with Crippen LogP contribution >= 0.6 is 22.7 Å². The third kappa shape index (κ3) is 13.7. The summed E-state index contributed by atoms with van der Waals surface area (Å²) in [5.41, 5.74) is 39.4.